The Labute approximate surface area is 154 Å². The lowest BCUT2D eigenvalue weighted by Gasteiger charge is -2.13. The van der Waals surface area contributed by atoms with Crippen LogP contribution >= 0.6 is 0 Å². The molecule has 134 valence electrons. The number of nitrogens with one attached hydrogen (secondary N) is 1. The van der Waals surface area contributed by atoms with Gasteiger partial charge < -0.3 is 0 Å². The van der Waals surface area contributed by atoms with E-state index in [0.717, 1.165) is 33.5 Å². The van der Waals surface area contributed by atoms with E-state index in [2.05, 4.69) is 14.7 Å². The van der Waals surface area contributed by atoms with Crippen LogP contribution in [-0.2, 0) is 16.6 Å². The average Bonchev–Trinajstić information content (AvgIpc) is 2.60. The molecule has 3 rings (SSSR count). The summed E-state index contributed by atoms with van der Waals surface area (Å²) in [6.07, 6.45) is 5.13. The van der Waals surface area contributed by atoms with Gasteiger partial charge in [0.2, 0.25) is 10.0 Å². The van der Waals surface area contributed by atoms with Gasteiger partial charge >= 0.3 is 0 Å². The molecule has 1 N–H and O–H groups in total. The maximum atomic E-state index is 12.7. The maximum Gasteiger partial charge on any atom is 0.241 e. The highest BCUT2D eigenvalue weighted by atomic mass is 32.2. The van der Waals surface area contributed by atoms with E-state index in [0.29, 0.717) is 4.90 Å². The van der Waals surface area contributed by atoms with Crippen LogP contribution in [0.2, 0.25) is 0 Å². The molecule has 2 heterocycles. The van der Waals surface area contributed by atoms with Crippen molar-refractivity contribution in [1.29, 1.82) is 0 Å². The summed E-state index contributed by atoms with van der Waals surface area (Å²) in [6, 6.07) is 11.3. The van der Waals surface area contributed by atoms with Crippen molar-refractivity contribution in [2.75, 3.05) is 0 Å². The number of rotatable bonds is 5. The Morgan fingerprint density at radius 1 is 1.00 bits per heavy atom. The lowest BCUT2D eigenvalue weighted by Crippen LogP contribution is -2.25. The highest BCUT2D eigenvalue weighted by molar-refractivity contribution is 7.89. The summed E-state index contributed by atoms with van der Waals surface area (Å²) in [5, 5.41) is 0. The van der Waals surface area contributed by atoms with Crippen LogP contribution in [-0.4, -0.2) is 18.4 Å². The Balaban J connectivity index is 1.76. The molecule has 0 aliphatic rings. The van der Waals surface area contributed by atoms with Crippen molar-refractivity contribution in [3.05, 3.63) is 77.2 Å². The minimum Gasteiger partial charge on any atom is -0.264 e. The summed E-state index contributed by atoms with van der Waals surface area (Å²) < 4.78 is 28.1. The van der Waals surface area contributed by atoms with Gasteiger partial charge in [-0.25, -0.2) is 13.1 Å². The number of nitrogens with zero attached hydrogens (tertiary/aromatic N) is 2. The monoisotopic (exact) mass is 367 g/mol. The standard InChI is InChI=1S/C20H21N3O2S/c1-14-9-15(2)20(16(3)10-14)26(24,25)23-12-17-6-7-19(22-11-17)18-5-4-8-21-13-18/h4-11,13,23H,12H2,1-3H3. The molecule has 0 aliphatic heterocycles. The molecule has 0 amide bonds. The van der Waals surface area contributed by atoms with Crippen LogP contribution in [0.1, 0.15) is 22.3 Å². The lowest BCUT2D eigenvalue weighted by molar-refractivity contribution is 0.580. The van der Waals surface area contributed by atoms with Gasteiger partial charge in [0, 0.05) is 30.7 Å². The van der Waals surface area contributed by atoms with Crippen molar-refractivity contribution >= 4 is 10.0 Å². The SMILES string of the molecule is Cc1cc(C)c(S(=O)(=O)NCc2ccc(-c3cccnc3)nc2)c(C)c1. The minimum absolute atomic E-state index is 0.190. The molecule has 0 radical (unpaired) electrons. The van der Waals surface area contributed by atoms with Crippen molar-refractivity contribution in [3.8, 4) is 11.3 Å². The van der Waals surface area contributed by atoms with Crippen LogP contribution in [0.4, 0.5) is 0 Å². The van der Waals surface area contributed by atoms with Crippen LogP contribution in [0, 0.1) is 20.8 Å². The maximum absolute atomic E-state index is 12.7. The molecule has 2 aromatic heterocycles. The molecule has 5 nitrogen and oxygen atoms in total. The van der Waals surface area contributed by atoms with Crippen LogP contribution in [0.25, 0.3) is 11.3 Å². The topological polar surface area (TPSA) is 72.0 Å². The number of aryl methyl sites for hydroxylation is 3. The Kier molecular flexibility index (Phi) is 5.15. The van der Waals surface area contributed by atoms with E-state index in [1.54, 1.807) is 18.6 Å². The second-order valence-corrected chi connectivity index (χ2v) is 8.05. The summed E-state index contributed by atoms with van der Waals surface area (Å²) in [4.78, 5) is 8.82. The molecule has 0 saturated heterocycles. The number of sulfonamides is 1. The molecule has 0 bridgehead atoms. The molecule has 0 saturated carbocycles. The van der Waals surface area contributed by atoms with E-state index in [1.807, 2.05) is 57.2 Å². The van der Waals surface area contributed by atoms with Crippen LogP contribution in [0.3, 0.4) is 0 Å². The van der Waals surface area contributed by atoms with Gasteiger partial charge in [0.25, 0.3) is 0 Å². The Hall–Kier alpha value is -2.57. The van der Waals surface area contributed by atoms with Gasteiger partial charge in [-0.3, -0.25) is 9.97 Å². The van der Waals surface area contributed by atoms with Crippen LogP contribution in [0.15, 0.2) is 59.9 Å². The highest BCUT2D eigenvalue weighted by Gasteiger charge is 2.19. The third kappa shape index (κ3) is 3.98. The summed E-state index contributed by atoms with van der Waals surface area (Å²) in [5.74, 6) is 0. The number of hydrogen-bond donors (Lipinski definition) is 1. The predicted octanol–water partition coefficient (Wildman–Crippen LogP) is 3.55. The molecule has 0 spiro atoms. The van der Waals surface area contributed by atoms with Gasteiger partial charge in [-0.05, 0) is 55.7 Å². The summed E-state index contributed by atoms with van der Waals surface area (Å²) in [6.45, 7) is 5.78. The predicted molar refractivity (Wildman–Crippen MR) is 102 cm³/mol. The molecular formula is C20H21N3O2S. The second-order valence-electron chi connectivity index (χ2n) is 6.35. The third-order valence-electron chi connectivity index (χ3n) is 4.12. The molecule has 1 aromatic carbocycles. The van der Waals surface area contributed by atoms with Crippen LogP contribution < -0.4 is 4.72 Å². The summed E-state index contributed by atoms with van der Waals surface area (Å²) in [5.41, 5.74) is 5.07. The zero-order valence-corrected chi connectivity index (χ0v) is 15.8. The van der Waals surface area contributed by atoms with Gasteiger partial charge in [-0.1, -0.05) is 23.8 Å². The fraction of sp³-hybridized carbons (Fsp3) is 0.200. The van der Waals surface area contributed by atoms with Gasteiger partial charge in [0.1, 0.15) is 0 Å². The molecule has 26 heavy (non-hydrogen) atoms. The third-order valence-corrected chi connectivity index (χ3v) is 5.83. The first-order chi connectivity index (χ1) is 12.4. The zero-order valence-electron chi connectivity index (χ0n) is 15.0. The van der Waals surface area contributed by atoms with Crippen molar-refractivity contribution in [3.63, 3.8) is 0 Å². The molecular weight excluding hydrogens is 346 g/mol. The van der Waals surface area contributed by atoms with Crippen molar-refractivity contribution in [2.45, 2.75) is 32.2 Å². The van der Waals surface area contributed by atoms with Crippen molar-refractivity contribution in [1.82, 2.24) is 14.7 Å². The lowest BCUT2D eigenvalue weighted by atomic mass is 10.1. The Morgan fingerprint density at radius 2 is 1.73 bits per heavy atom. The number of benzene rings is 1. The van der Waals surface area contributed by atoms with E-state index in [9.17, 15) is 8.42 Å². The molecule has 0 fully saturated rings. The van der Waals surface area contributed by atoms with Gasteiger partial charge in [-0.2, -0.15) is 0 Å². The Morgan fingerprint density at radius 3 is 2.31 bits per heavy atom. The summed E-state index contributed by atoms with van der Waals surface area (Å²) in [7, 11) is -3.59. The smallest absolute Gasteiger partial charge is 0.241 e. The van der Waals surface area contributed by atoms with E-state index >= 15 is 0 Å². The van der Waals surface area contributed by atoms with Gasteiger partial charge in [-0.15, -0.1) is 0 Å². The second kappa shape index (κ2) is 7.35. The van der Waals surface area contributed by atoms with Crippen LogP contribution in [0.5, 0.6) is 0 Å². The van der Waals surface area contributed by atoms with Gasteiger partial charge in [0.15, 0.2) is 0 Å². The first kappa shape index (κ1) is 18.2. The highest BCUT2D eigenvalue weighted by Crippen LogP contribution is 2.22. The fourth-order valence-corrected chi connectivity index (χ4v) is 4.52. The number of hydrogen-bond acceptors (Lipinski definition) is 4. The number of pyridine rings is 2. The molecule has 3 aromatic rings. The Bertz CT molecular complexity index is 992. The van der Waals surface area contributed by atoms with E-state index in [1.165, 1.54) is 0 Å². The summed E-state index contributed by atoms with van der Waals surface area (Å²) >= 11 is 0. The molecule has 6 heteroatoms. The molecule has 0 atom stereocenters. The van der Waals surface area contributed by atoms with E-state index in [-0.39, 0.29) is 6.54 Å². The van der Waals surface area contributed by atoms with E-state index in [4.69, 9.17) is 0 Å². The normalized spacial score (nSPS) is 11.5. The number of aromatic nitrogens is 2. The zero-order chi connectivity index (χ0) is 18.7. The largest absolute Gasteiger partial charge is 0.264 e. The van der Waals surface area contributed by atoms with E-state index < -0.39 is 10.0 Å². The molecule has 0 aliphatic carbocycles. The van der Waals surface area contributed by atoms with Crippen molar-refractivity contribution < 1.29 is 8.42 Å². The first-order valence-electron chi connectivity index (χ1n) is 8.29. The van der Waals surface area contributed by atoms with Crippen molar-refractivity contribution in [2.24, 2.45) is 0 Å². The average molecular weight is 367 g/mol. The molecule has 0 unspecified atom stereocenters. The quantitative estimate of drug-likeness (QED) is 0.749. The fourth-order valence-electron chi connectivity index (χ4n) is 3.06. The minimum atomic E-state index is -3.59. The van der Waals surface area contributed by atoms with Gasteiger partial charge in [0.05, 0.1) is 10.6 Å². The first-order valence-corrected chi connectivity index (χ1v) is 9.78.